The molecule has 117 valence electrons. The van der Waals surface area contributed by atoms with Gasteiger partial charge in [0.05, 0.1) is 0 Å². The monoisotopic (exact) mass is 495 g/mol. The second-order valence-electron chi connectivity index (χ2n) is 3.26. The van der Waals surface area contributed by atoms with E-state index in [2.05, 4.69) is 6.07 Å². The van der Waals surface area contributed by atoms with Gasteiger partial charge in [-0.25, -0.2) is 0 Å². The van der Waals surface area contributed by atoms with E-state index < -0.39 is 17.9 Å². The first-order valence-corrected chi connectivity index (χ1v) is 7.42. The molecule has 0 aliphatic heterocycles. The van der Waals surface area contributed by atoms with Gasteiger partial charge in [0.1, 0.15) is 0 Å². The maximum absolute atomic E-state index is 9.00. The number of benzene rings is 1. The van der Waals surface area contributed by atoms with Crippen LogP contribution in [0.15, 0.2) is 24.3 Å². The van der Waals surface area contributed by atoms with E-state index >= 15 is 0 Å². The topological polar surface area (TPSA) is 121 Å². The van der Waals surface area contributed by atoms with Gasteiger partial charge in [0.2, 0.25) is 0 Å². The molecule has 0 saturated carbocycles. The number of carboxylic acid groups (broad SMARTS) is 3. The van der Waals surface area contributed by atoms with Gasteiger partial charge in [0.25, 0.3) is 17.9 Å². The SMILES string of the molecule is CC(=O)O.CC(=O)O.CC(=O)O.COc1cccc[c]1[Pb]. The summed E-state index contributed by atoms with van der Waals surface area (Å²) in [6, 6.07) is 8.10. The fraction of sp³-hybridized carbons (Fsp3) is 0.308. The van der Waals surface area contributed by atoms with Crippen molar-refractivity contribution in [3.8, 4) is 5.75 Å². The molecule has 0 heterocycles. The van der Waals surface area contributed by atoms with Crippen LogP contribution < -0.4 is 7.86 Å². The number of para-hydroxylation sites is 1. The van der Waals surface area contributed by atoms with Crippen molar-refractivity contribution in [3.05, 3.63) is 24.3 Å². The summed E-state index contributed by atoms with van der Waals surface area (Å²) in [6.07, 6.45) is 0. The Bertz CT molecular complexity index is 392. The zero-order valence-electron chi connectivity index (χ0n) is 12.3. The van der Waals surface area contributed by atoms with Crippen molar-refractivity contribution in [2.24, 2.45) is 0 Å². The molecule has 1 aromatic rings. The molecule has 1 rings (SSSR count). The van der Waals surface area contributed by atoms with Crippen molar-refractivity contribution < 1.29 is 34.4 Å². The molecule has 0 aliphatic carbocycles. The molecule has 21 heavy (non-hydrogen) atoms. The molecule has 0 aromatic heterocycles. The molecular formula is C13H19O7Pb. The Morgan fingerprint density at radius 1 is 0.905 bits per heavy atom. The third kappa shape index (κ3) is 38.1. The standard InChI is InChI=1S/C7H7O.3C2H4O2.Pb/c1-8-7-5-3-2-4-6-7;3*1-2(3)4;/h2-5H,1H3;3*1H3,(H,3,4);. The number of carbonyl (C=O) groups is 3. The van der Waals surface area contributed by atoms with Gasteiger partial charge in [-0.3, -0.25) is 14.4 Å². The van der Waals surface area contributed by atoms with Crippen LogP contribution in [0.5, 0.6) is 5.75 Å². The minimum atomic E-state index is -0.833. The summed E-state index contributed by atoms with van der Waals surface area (Å²) in [5.74, 6) is -1.48. The van der Waals surface area contributed by atoms with Crippen molar-refractivity contribution in [1.82, 2.24) is 0 Å². The van der Waals surface area contributed by atoms with Crippen molar-refractivity contribution in [1.29, 1.82) is 0 Å². The molecule has 0 unspecified atom stereocenters. The number of rotatable bonds is 1. The summed E-state index contributed by atoms with van der Waals surface area (Å²) in [5, 5.41) is 22.2. The van der Waals surface area contributed by atoms with Gasteiger partial charge in [-0.05, 0) is 0 Å². The zero-order valence-corrected chi connectivity index (χ0v) is 16.2. The second kappa shape index (κ2) is 16.4. The number of aliphatic carboxylic acids is 3. The van der Waals surface area contributed by atoms with Gasteiger partial charge in [0.15, 0.2) is 0 Å². The Balaban J connectivity index is -0.000000230. The van der Waals surface area contributed by atoms with Crippen molar-refractivity contribution in [2.75, 3.05) is 7.11 Å². The van der Waals surface area contributed by atoms with E-state index in [1.807, 2.05) is 18.2 Å². The Morgan fingerprint density at radius 3 is 1.38 bits per heavy atom. The van der Waals surface area contributed by atoms with Crippen molar-refractivity contribution in [2.45, 2.75) is 20.8 Å². The molecule has 0 amide bonds. The van der Waals surface area contributed by atoms with E-state index in [4.69, 9.17) is 34.4 Å². The predicted molar refractivity (Wildman–Crippen MR) is 78.3 cm³/mol. The Kier molecular flexibility index (Phi) is 19.0. The molecule has 0 saturated heterocycles. The summed E-state index contributed by atoms with van der Waals surface area (Å²) in [7, 11) is 1.71. The number of methoxy groups -OCH3 is 1. The first kappa shape index (κ1) is 24.4. The van der Waals surface area contributed by atoms with Crippen LogP contribution in [-0.4, -0.2) is 66.1 Å². The number of carboxylic acids is 3. The average Bonchev–Trinajstić information content (AvgIpc) is 2.27. The Labute approximate surface area is 139 Å². The third-order valence-electron chi connectivity index (χ3n) is 1.11. The van der Waals surface area contributed by atoms with E-state index in [0.717, 1.165) is 52.3 Å². The molecule has 7 nitrogen and oxygen atoms in total. The summed E-state index contributed by atoms with van der Waals surface area (Å²) < 4.78 is 6.40. The fourth-order valence-corrected chi connectivity index (χ4v) is 1.74. The molecular weight excluding hydrogens is 475 g/mol. The van der Waals surface area contributed by atoms with Crippen LogP contribution in [-0.2, 0) is 14.4 Å². The number of hydrogen-bond donors (Lipinski definition) is 3. The fourth-order valence-electron chi connectivity index (χ4n) is 0.645. The molecule has 3 N–H and O–H groups in total. The average molecular weight is 494 g/mol. The maximum atomic E-state index is 9.00. The van der Waals surface area contributed by atoms with Gasteiger partial charge in [-0.15, -0.1) is 0 Å². The minimum absolute atomic E-state index is 0.833. The van der Waals surface area contributed by atoms with Crippen LogP contribution in [0, 0.1) is 0 Å². The van der Waals surface area contributed by atoms with Gasteiger partial charge in [-0.1, -0.05) is 0 Å². The first-order valence-electron chi connectivity index (χ1n) is 5.47. The Hall–Kier alpha value is -1.65. The second-order valence-corrected chi connectivity index (χ2v) is 5.35. The van der Waals surface area contributed by atoms with E-state index in [0.29, 0.717) is 0 Å². The first-order chi connectivity index (χ1) is 9.54. The molecule has 0 fully saturated rings. The number of hydrogen-bond acceptors (Lipinski definition) is 4. The van der Waals surface area contributed by atoms with E-state index in [-0.39, 0.29) is 0 Å². The van der Waals surface area contributed by atoms with Crippen molar-refractivity contribution in [3.63, 3.8) is 0 Å². The predicted octanol–water partition coefficient (Wildman–Crippen LogP) is 0.762. The zero-order chi connectivity index (χ0) is 17.4. The summed E-state index contributed by atoms with van der Waals surface area (Å²) in [4.78, 5) is 27.0. The molecule has 1 aromatic carbocycles. The Morgan fingerprint density at radius 2 is 1.19 bits per heavy atom. The summed E-state index contributed by atoms with van der Waals surface area (Å²) in [5.41, 5.74) is 0. The van der Waals surface area contributed by atoms with Gasteiger partial charge in [-0.2, -0.15) is 0 Å². The van der Waals surface area contributed by atoms with Crippen LogP contribution in [0.1, 0.15) is 20.8 Å². The molecule has 0 atom stereocenters. The van der Waals surface area contributed by atoms with E-state index in [1.54, 1.807) is 7.11 Å². The molecule has 0 spiro atoms. The van der Waals surface area contributed by atoms with Gasteiger partial charge in [0, 0.05) is 20.8 Å². The van der Waals surface area contributed by atoms with Gasteiger partial charge >= 0.3 is 70.8 Å². The van der Waals surface area contributed by atoms with E-state index in [1.165, 1.54) is 3.12 Å². The van der Waals surface area contributed by atoms with E-state index in [9.17, 15) is 0 Å². The normalized spacial score (nSPS) is 7.48. The molecule has 0 aliphatic rings. The summed E-state index contributed by atoms with van der Waals surface area (Å²) >= 11 is 1.06. The van der Waals surface area contributed by atoms with Crippen LogP contribution >= 0.6 is 0 Å². The van der Waals surface area contributed by atoms with Crippen LogP contribution in [0.3, 0.4) is 0 Å². The molecule has 0 bridgehead atoms. The van der Waals surface area contributed by atoms with Crippen molar-refractivity contribution >= 4 is 46.8 Å². The quantitative estimate of drug-likeness (QED) is 0.493. The summed E-state index contributed by atoms with van der Waals surface area (Å²) in [6.45, 7) is 3.25. The van der Waals surface area contributed by atoms with Crippen LogP contribution in [0.4, 0.5) is 0 Å². The number of ether oxygens (including phenoxy) is 1. The third-order valence-corrected chi connectivity index (χ3v) is 2.71. The van der Waals surface area contributed by atoms with Crippen LogP contribution in [0.25, 0.3) is 0 Å². The molecule has 8 heteroatoms. The van der Waals surface area contributed by atoms with Gasteiger partial charge < -0.3 is 15.3 Å². The molecule has 3 radical (unpaired) electrons. The van der Waals surface area contributed by atoms with Crippen LogP contribution in [0.2, 0.25) is 0 Å².